The van der Waals surface area contributed by atoms with E-state index in [0.29, 0.717) is 12.6 Å². The molecule has 0 aromatic heterocycles. The van der Waals surface area contributed by atoms with Crippen LogP contribution in [-0.4, -0.2) is 48.6 Å². The molecule has 0 bridgehead atoms. The van der Waals surface area contributed by atoms with Crippen molar-refractivity contribution in [1.29, 1.82) is 0 Å². The van der Waals surface area contributed by atoms with Crippen LogP contribution in [0.2, 0.25) is 0 Å². The van der Waals surface area contributed by atoms with Gasteiger partial charge in [-0.05, 0) is 27.2 Å². The average molecular weight is 227 g/mol. The zero-order valence-electron chi connectivity index (χ0n) is 11.0. The summed E-state index contributed by atoms with van der Waals surface area (Å²) >= 11 is 0. The van der Waals surface area contributed by atoms with Gasteiger partial charge in [0.05, 0.1) is 6.54 Å². The molecule has 0 spiro atoms. The largest absolute Gasteiger partial charge is 0.350 e. The lowest BCUT2D eigenvalue weighted by molar-refractivity contribution is -0.124. The van der Waals surface area contributed by atoms with Crippen LogP contribution in [0.25, 0.3) is 0 Å². The molecular weight excluding hydrogens is 202 g/mol. The molecule has 1 atom stereocenters. The van der Waals surface area contributed by atoms with Gasteiger partial charge in [-0.2, -0.15) is 0 Å². The van der Waals surface area contributed by atoms with Crippen LogP contribution in [0.4, 0.5) is 0 Å². The lowest BCUT2D eigenvalue weighted by Gasteiger charge is -2.32. The van der Waals surface area contributed by atoms with Gasteiger partial charge in [0.25, 0.3) is 0 Å². The van der Waals surface area contributed by atoms with Gasteiger partial charge in [-0.15, -0.1) is 0 Å². The molecule has 1 aliphatic rings. The van der Waals surface area contributed by atoms with Crippen LogP contribution in [0.3, 0.4) is 0 Å². The molecular formula is C12H25N3O. The van der Waals surface area contributed by atoms with E-state index in [1.54, 1.807) is 0 Å². The van der Waals surface area contributed by atoms with Crippen molar-refractivity contribution in [3.63, 3.8) is 0 Å². The van der Waals surface area contributed by atoms with Gasteiger partial charge < -0.3 is 10.6 Å². The average Bonchev–Trinajstić information content (AvgIpc) is 2.16. The van der Waals surface area contributed by atoms with Gasteiger partial charge in [0.2, 0.25) is 5.91 Å². The number of hydrogen-bond acceptors (Lipinski definition) is 3. The Hall–Kier alpha value is -0.610. The van der Waals surface area contributed by atoms with Gasteiger partial charge in [-0.25, -0.2) is 0 Å². The van der Waals surface area contributed by atoms with Crippen molar-refractivity contribution >= 4 is 5.91 Å². The molecule has 1 saturated heterocycles. The Morgan fingerprint density at radius 3 is 2.81 bits per heavy atom. The van der Waals surface area contributed by atoms with Crippen LogP contribution in [0.15, 0.2) is 0 Å². The van der Waals surface area contributed by atoms with Crippen molar-refractivity contribution in [2.24, 2.45) is 0 Å². The number of amides is 1. The first-order valence-electron chi connectivity index (χ1n) is 6.19. The smallest absolute Gasteiger partial charge is 0.234 e. The maximum absolute atomic E-state index is 11.8. The molecule has 1 heterocycles. The predicted octanol–water partition coefficient (Wildman–Crippen LogP) is 0.585. The molecule has 0 radical (unpaired) electrons. The number of nitrogens with zero attached hydrogens (tertiary/aromatic N) is 1. The minimum absolute atomic E-state index is 0.0866. The third-order valence-corrected chi connectivity index (χ3v) is 3.18. The molecule has 4 nitrogen and oxygen atoms in total. The summed E-state index contributed by atoms with van der Waals surface area (Å²) in [4.78, 5) is 14.0. The topological polar surface area (TPSA) is 44.4 Å². The fourth-order valence-corrected chi connectivity index (χ4v) is 1.86. The molecule has 16 heavy (non-hydrogen) atoms. The van der Waals surface area contributed by atoms with Crippen LogP contribution in [0.5, 0.6) is 0 Å². The Balaban J connectivity index is 2.33. The molecule has 4 heteroatoms. The number of nitrogens with one attached hydrogen (secondary N) is 2. The summed E-state index contributed by atoms with van der Waals surface area (Å²) in [6, 6.07) is 0.487. The molecule has 1 fully saturated rings. The second kappa shape index (κ2) is 5.64. The first kappa shape index (κ1) is 13.5. The minimum Gasteiger partial charge on any atom is -0.350 e. The highest BCUT2D eigenvalue weighted by molar-refractivity contribution is 5.78. The highest BCUT2D eigenvalue weighted by atomic mass is 16.2. The SMILES string of the molecule is CCC(C)(C)NC(=O)CN1CCN[C@H](C)C1. The van der Waals surface area contributed by atoms with Crippen molar-refractivity contribution in [2.45, 2.75) is 45.7 Å². The molecule has 1 aliphatic heterocycles. The standard InChI is InChI=1S/C12H25N3O/c1-5-12(3,4)14-11(16)9-15-7-6-13-10(2)8-15/h10,13H,5-9H2,1-4H3,(H,14,16)/t10-/m1/s1. The van der Waals surface area contributed by atoms with Crippen LogP contribution in [0, 0.1) is 0 Å². The molecule has 0 aromatic rings. The molecule has 0 aromatic carbocycles. The molecule has 0 saturated carbocycles. The van der Waals surface area contributed by atoms with Crippen LogP contribution >= 0.6 is 0 Å². The Bertz CT molecular complexity index is 240. The van der Waals surface area contributed by atoms with Gasteiger partial charge >= 0.3 is 0 Å². The van der Waals surface area contributed by atoms with E-state index in [4.69, 9.17) is 0 Å². The van der Waals surface area contributed by atoms with Gasteiger partial charge in [-0.3, -0.25) is 9.69 Å². The fraction of sp³-hybridized carbons (Fsp3) is 0.917. The summed E-state index contributed by atoms with van der Waals surface area (Å²) in [5, 5.41) is 6.44. The molecule has 0 unspecified atom stereocenters. The van der Waals surface area contributed by atoms with Gasteiger partial charge in [0.15, 0.2) is 0 Å². The second-order valence-electron chi connectivity index (χ2n) is 5.38. The normalized spacial score (nSPS) is 23.1. The number of rotatable bonds is 4. The van der Waals surface area contributed by atoms with Crippen LogP contribution in [0.1, 0.15) is 34.1 Å². The number of carbonyl (C=O) groups is 1. The summed E-state index contributed by atoms with van der Waals surface area (Å²) in [5.41, 5.74) is -0.0866. The Labute approximate surface area is 98.8 Å². The van der Waals surface area contributed by atoms with Gasteiger partial charge in [0.1, 0.15) is 0 Å². The van der Waals surface area contributed by atoms with Gasteiger partial charge in [0, 0.05) is 31.2 Å². The van der Waals surface area contributed by atoms with Crippen molar-refractivity contribution in [3.8, 4) is 0 Å². The van der Waals surface area contributed by atoms with E-state index >= 15 is 0 Å². The summed E-state index contributed by atoms with van der Waals surface area (Å²) < 4.78 is 0. The third kappa shape index (κ3) is 4.49. The Kier molecular flexibility index (Phi) is 4.74. The highest BCUT2D eigenvalue weighted by Crippen LogP contribution is 2.07. The zero-order valence-corrected chi connectivity index (χ0v) is 11.0. The summed E-state index contributed by atoms with van der Waals surface area (Å²) in [6.07, 6.45) is 0.955. The monoisotopic (exact) mass is 227 g/mol. The minimum atomic E-state index is -0.0866. The van der Waals surface area contributed by atoms with E-state index in [1.807, 2.05) is 0 Å². The molecule has 1 rings (SSSR count). The molecule has 1 amide bonds. The van der Waals surface area contributed by atoms with E-state index in [2.05, 4.69) is 43.2 Å². The summed E-state index contributed by atoms with van der Waals surface area (Å²) in [7, 11) is 0. The lowest BCUT2D eigenvalue weighted by atomic mass is 10.0. The van der Waals surface area contributed by atoms with Crippen molar-refractivity contribution in [3.05, 3.63) is 0 Å². The number of hydrogen-bond donors (Lipinski definition) is 2. The van der Waals surface area contributed by atoms with Crippen molar-refractivity contribution < 1.29 is 4.79 Å². The molecule has 0 aliphatic carbocycles. The van der Waals surface area contributed by atoms with E-state index in [9.17, 15) is 4.79 Å². The second-order valence-corrected chi connectivity index (χ2v) is 5.38. The van der Waals surface area contributed by atoms with Crippen LogP contribution < -0.4 is 10.6 Å². The third-order valence-electron chi connectivity index (χ3n) is 3.18. The Morgan fingerprint density at radius 1 is 1.56 bits per heavy atom. The van der Waals surface area contributed by atoms with Crippen molar-refractivity contribution in [2.75, 3.05) is 26.2 Å². The summed E-state index contributed by atoms with van der Waals surface area (Å²) in [5.74, 6) is 0.140. The van der Waals surface area contributed by atoms with E-state index in [0.717, 1.165) is 26.1 Å². The number of carbonyl (C=O) groups excluding carboxylic acids is 1. The first-order valence-corrected chi connectivity index (χ1v) is 6.19. The van der Waals surface area contributed by atoms with Crippen molar-refractivity contribution in [1.82, 2.24) is 15.5 Å². The maximum atomic E-state index is 11.8. The molecule has 94 valence electrons. The maximum Gasteiger partial charge on any atom is 0.234 e. The highest BCUT2D eigenvalue weighted by Gasteiger charge is 2.21. The quantitative estimate of drug-likeness (QED) is 0.738. The zero-order chi connectivity index (χ0) is 12.2. The van der Waals surface area contributed by atoms with E-state index in [-0.39, 0.29) is 11.4 Å². The lowest BCUT2D eigenvalue weighted by Crippen LogP contribution is -2.53. The number of piperazine rings is 1. The first-order chi connectivity index (χ1) is 7.43. The van der Waals surface area contributed by atoms with E-state index < -0.39 is 0 Å². The van der Waals surface area contributed by atoms with E-state index in [1.165, 1.54) is 0 Å². The van der Waals surface area contributed by atoms with Gasteiger partial charge in [-0.1, -0.05) is 6.92 Å². The van der Waals surface area contributed by atoms with Crippen LogP contribution in [-0.2, 0) is 4.79 Å². The fourth-order valence-electron chi connectivity index (χ4n) is 1.86. The predicted molar refractivity (Wildman–Crippen MR) is 66.4 cm³/mol. The Morgan fingerprint density at radius 2 is 2.25 bits per heavy atom. The molecule has 2 N–H and O–H groups in total. The summed E-state index contributed by atoms with van der Waals surface area (Å²) in [6.45, 7) is 11.8.